The normalized spacial score (nSPS) is 18.0. The number of urea groups is 1. The first-order chi connectivity index (χ1) is 13.0. The molecule has 0 bridgehead atoms. The molecule has 0 unspecified atom stereocenters. The highest BCUT2D eigenvalue weighted by molar-refractivity contribution is 6.34. The number of halogens is 1. The van der Waals surface area contributed by atoms with E-state index in [1.807, 2.05) is 18.2 Å². The van der Waals surface area contributed by atoms with Crippen molar-refractivity contribution in [2.75, 3.05) is 5.32 Å². The molecule has 2 amide bonds. The summed E-state index contributed by atoms with van der Waals surface area (Å²) in [5, 5.41) is 9.97. The molecule has 6 N–H and O–H groups in total. The molecular weight excluding hydrogens is 366 g/mol. The SMILES string of the molecule is N/N=C(\N)c1ccccc1Oc1ccc(Cl)c2c1C1(CCCC1)NC(=O)N2. The zero-order chi connectivity index (χ0) is 19.0. The number of carbonyl (C=O) groups excluding carboxylic acids is 1. The number of amidine groups is 1. The molecule has 1 fully saturated rings. The molecule has 1 spiro atoms. The number of hydrazone groups is 1. The number of hydrogen-bond acceptors (Lipinski definition) is 4. The number of amides is 2. The van der Waals surface area contributed by atoms with Gasteiger partial charge in [0.25, 0.3) is 0 Å². The number of carbonyl (C=O) groups is 1. The maximum atomic E-state index is 12.2. The van der Waals surface area contributed by atoms with Crippen molar-refractivity contribution in [1.29, 1.82) is 0 Å². The van der Waals surface area contributed by atoms with Gasteiger partial charge in [0.15, 0.2) is 5.84 Å². The lowest BCUT2D eigenvalue weighted by molar-refractivity contribution is 0.232. The van der Waals surface area contributed by atoms with Crippen molar-refractivity contribution >= 4 is 29.2 Å². The van der Waals surface area contributed by atoms with Gasteiger partial charge in [-0.15, -0.1) is 0 Å². The molecule has 2 aromatic rings. The van der Waals surface area contributed by atoms with Crippen LogP contribution in [0.3, 0.4) is 0 Å². The number of fused-ring (bicyclic) bond motifs is 2. The van der Waals surface area contributed by atoms with E-state index in [2.05, 4.69) is 15.7 Å². The Balaban J connectivity index is 1.85. The molecule has 140 valence electrons. The Kier molecular flexibility index (Phi) is 4.31. The van der Waals surface area contributed by atoms with Gasteiger partial charge in [0.1, 0.15) is 11.5 Å². The van der Waals surface area contributed by atoms with Gasteiger partial charge < -0.3 is 26.9 Å². The number of ether oxygens (including phenoxy) is 1. The van der Waals surface area contributed by atoms with Crippen molar-refractivity contribution in [1.82, 2.24) is 5.32 Å². The minimum Gasteiger partial charge on any atom is -0.456 e. The summed E-state index contributed by atoms with van der Waals surface area (Å²) >= 11 is 6.39. The van der Waals surface area contributed by atoms with Crippen LogP contribution in [0, 0.1) is 0 Å². The first-order valence-electron chi connectivity index (χ1n) is 8.77. The Morgan fingerprint density at radius 1 is 1.15 bits per heavy atom. The lowest BCUT2D eigenvalue weighted by Crippen LogP contribution is -2.50. The summed E-state index contributed by atoms with van der Waals surface area (Å²) in [6, 6.07) is 10.5. The first kappa shape index (κ1) is 17.5. The van der Waals surface area contributed by atoms with Crippen molar-refractivity contribution in [3.8, 4) is 11.5 Å². The van der Waals surface area contributed by atoms with E-state index < -0.39 is 5.54 Å². The Morgan fingerprint density at radius 3 is 2.63 bits per heavy atom. The monoisotopic (exact) mass is 385 g/mol. The van der Waals surface area contributed by atoms with Gasteiger partial charge in [-0.3, -0.25) is 0 Å². The van der Waals surface area contributed by atoms with E-state index in [0.717, 1.165) is 31.2 Å². The van der Waals surface area contributed by atoms with Crippen LogP contribution in [0.4, 0.5) is 10.5 Å². The average molecular weight is 386 g/mol. The fourth-order valence-corrected chi connectivity index (χ4v) is 4.18. The second-order valence-corrected chi connectivity index (χ2v) is 7.18. The number of hydrogen-bond donors (Lipinski definition) is 4. The number of rotatable bonds is 3. The zero-order valence-corrected chi connectivity index (χ0v) is 15.3. The Hall–Kier alpha value is -2.93. The van der Waals surface area contributed by atoms with Gasteiger partial charge >= 0.3 is 6.03 Å². The van der Waals surface area contributed by atoms with Gasteiger partial charge in [0.2, 0.25) is 0 Å². The summed E-state index contributed by atoms with van der Waals surface area (Å²) in [5.41, 5.74) is 7.47. The van der Waals surface area contributed by atoms with Crippen LogP contribution in [0.5, 0.6) is 11.5 Å². The summed E-state index contributed by atoms with van der Waals surface area (Å²) < 4.78 is 6.24. The predicted molar refractivity (Wildman–Crippen MR) is 105 cm³/mol. The number of nitrogens with zero attached hydrogens (tertiary/aromatic N) is 1. The largest absolute Gasteiger partial charge is 0.456 e. The third-order valence-corrected chi connectivity index (χ3v) is 5.48. The molecule has 0 radical (unpaired) electrons. The van der Waals surface area contributed by atoms with Crippen molar-refractivity contribution < 1.29 is 9.53 Å². The number of benzene rings is 2. The minimum atomic E-state index is -0.486. The molecule has 0 aromatic heterocycles. The molecule has 2 aliphatic rings. The first-order valence-corrected chi connectivity index (χ1v) is 9.14. The summed E-state index contributed by atoms with van der Waals surface area (Å²) in [7, 11) is 0. The van der Waals surface area contributed by atoms with Gasteiger partial charge in [0.05, 0.1) is 21.8 Å². The Labute approximate surface area is 161 Å². The second-order valence-electron chi connectivity index (χ2n) is 6.78. The molecule has 0 saturated heterocycles. The topological polar surface area (TPSA) is 115 Å². The smallest absolute Gasteiger partial charge is 0.319 e. The van der Waals surface area contributed by atoms with E-state index in [4.69, 9.17) is 27.9 Å². The van der Waals surface area contributed by atoms with Gasteiger partial charge in [-0.1, -0.05) is 36.6 Å². The van der Waals surface area contributed by atoms with Gasteiger partial charge in [-0.05, 0) is 37.1 Å². The van der Waals surface area contributed by atoms with Gasteiger partial charge in [0, 0.05) is 5.56 Å². The molecule has 1 aliphatic carbocycles. The van der Waals surface area contributed by atoms with E-state index in [-0.39, 0.29) is 11.9 Å². The number of anilines is 1. The zero-order valence-electron chi connectivity index (χ0n) is 14.6. The molecular formula is C19H20ClN5O2. The molecule has 2 aromatic carbocycles. The Morgan fingerprint density at radius 2 is 1.89 bits per heavy atom. The highest BCUT2D eigenvalue weighted by atomic mass is 35.5. The molecule has 1 aliphatic heterocycles. The second kappa shape index (κ2) is 6.66. The van der Waals surface area contributed by atoms with Crippen LogP contribution in [-0.2, 0) is 5.54 Å². The molecule has 1 saturated carbocycles. The van der Waals surface area contributed by atoms with Crippen LogP contribution in [0.1, 0.15) is 36.8 Å². The summed E-state index contributed by atoms with van der Waals surface area (Å²) in [6.45, 7) is 0. The van der Waals surface area contributed by atoms with Crippen molar-refractivity contribution in [2.24, 2.45) is 16.7 Å². The highest BCUT2D eigenvalue weighted by Gasteiger charge is 2.45. The molecule has 7 nitrogen and oxygen atoms in total. The summed E-state index contributed by atoms with van der Waals surface area (Å²) in [6.07, 6.45) is 3.71. The fraction of sp³-hybridized carbons (Fsp3) is 0.263. The molecule has 8 heteroatoms. The number of nitrogens with one attached hydrogen (secondary N) is 2. The third-order valence-electron chi connectivity index (χ3n) is 5.17. The summed E-state index contributed by atoms with van der Waals surface area (Å²) in [4.78, 5) is 12.2. The highest BCUT2D eigenvalue weighted by Crippen LogP contribution is 2.51. The number of para-hydroxylation sites is 1. The minimum absolute atomic E-state index is 0.176. The van der Waals surface area contributed by atoms with E-state index in [1.54, 1.807) is 18.2 Å². The van der Waals surface area contributed by atoms with E-state index in [0.29, 0.717) is 27.8 Å². The van der Waals surface area contributed by atoms with Gasteiger partial charge in [-0.25, -0.2) is 4.79 Å². The van der Waals surface area contributed by atoms with E-state index in [9.17, 15) is 4.79 Å². The van der Waals surface area contributed by atoms with Crippen LogP contribution in [-0.4, -0.2) is 11.9 Å². The summed E-state index contributed by atoms with van der Waals surface area (Å²) in [5.74, 6) is 6.65. The lowest BCUT2D eigenvalue weighted by Gasteiger charge is -2.38. The van der Waals surface area contributed by atoms with Crippen molar-refractivity contribution in [3.63, 3.8) is 0 Å². The maximum Gasteiger partial charge on any atom is 0.319 e. The fourth-order valence-electron chi connectivity index (χ4n) is 3.97. The number of nitrogens with two attached hydrogens (primary N) is 2. The molecule has 1 heterocycles. The van der Waals surface area contributed by atoms with Crippen LogP contribution < -0.4 is 26.9 Å². The Bertz CT molecular complexity index is 938. The quantitative estimate of drug-likeness (QED) is 0.279. The van der Waals surface area contributed by atoms with Crippen LogP contribution in [0.2, 0.25) is 5.02 Å². The van der Waals surface area contributed by atoms with Crippen LogP contribution in [0.25, 0.3) is 0 Å². The molecule has 4 rings (SSSR count). The van der Waals surface area contributed by atoms with E-state index in [1.165, 1.54) is 0 Å². The van der Waals surface area contributed by atoms with Crippen LogP contribution in [0.15, 0.2) is 41.5 Å². The lowest BCUT2D eigenvalue weighted by atomic mass is 9.84. The van der Waals surface area contributed by atoms with E-state index >= 15 is 0 Å². The molecule has 27 heavy (non-hydrogen) atoms. The van der Waals surface area contributed by atoms with Crippen molar-refractivity contribution in [3.05, 3.63) is 52.5 Å². The predicted octanol–water partition coefficient (Wildman–Crippen LogP) is 3.62. The molecule has 0 atom stereocenters. The average Bonchev–Trinajstić information content (AvgIpc) is 3.12. The standard InChI is InChI=1S/C19H20ClN5O2/c20-12-7-8-14(27-13-6-2-1-5-11(13)17(21)25-22)15-16(12)23-18(26)24-19(15)9-3-4-10-19/h1-2,5-8H,3-4,9-10,22H2,(H2,21,25)(H2,23,24,26). The van der Waals surface area contributed by atoms with Gasteiger partial charge in [-0.2, -0.15) is 5.10 Å². The maximum absolute atomic E-state index is 12.2. The third kappa shape index (κ3) is 2.94. The van der Waals surface area contributed by atoms with Crippen LogP contribution >= 0.6 is 11.6 Å². The van der Waals surface area contributed by atoms with Crippen molar-refractivity contribution in [2.45, 2.75) is 31.2 Å².